The van der Waals surface area contributed by atoms with Gasteiger partial charge in [-0.05, 0) is 18.2 Å². The fourth-order valence-corrected chi connectivity index (χ4v) is 1.93. The van der Waals surface area contributed by atoms with Crippen LogP contribution in [0.25, 0.3) is 0 Å². The first-order valence-corrected chi connectivity index (χ1v) is 5.55. The molecular weight excluding hydrogens is 265 g/mol. The van der Waals surface area contributed by atoms with Crippen LogP contribution in [-0.2, 0) is 4.79 Å². The van der Waals surface area contributed by atoms with Gasteiger partial charge in [-0.15, -0.1) is 0 Å². The number of benzene rings is 1. The Labute approximate surface area is 108 Å². The Morgan fingerprint density at radius 3 is 2.65 bits per heavy atom. The van der Waals surface area contributed by atoms with E-state index in [9.17, 15) is 9.59 Å². The molecule has 1 aromatic carbocycles. The summed E-state index contributed by atoms with van der Waals surface area (Å²) in [6.45, 7) is 0.0429. The van der Waals surface area contributed by atoms with Crippen molar-refractivity contribution in [3.05, 3.63) is 28.2 Å². The zero-order valence-electron chi connectivity index (χ0n) is 8.91. The lowest BCUT2D eigenvalue weighted by Gasteiger charge is -2.32. The second kappa shape index (κ2) is 4.52. The minimum atomic E-state index is -0.481. The van der Waals surface area contributed by atoms with E-state index in [1.54, 1.807) is 12.1 Å². The number of rotatable bonds is 1. The predicted molar refractivity (Wildman–Crippen MR) is 65.1 cm³/mol. The summed E-state index contributed by atoms with van der Waals surface area (Å²) >= 11 is 11.8. The molecule has 0 bridgehead atoms. The van der Waals surface area contributed by atoms with Crippen LogP contribution in [0.15, 0.2) is 18.2 Å². The molecule has 5 nitrogen and oxygen atoms in total. The van der Waals surface area contributed by atoms with Crippen LogP contribution < -0.4 is 10.4 Å². The second-order valence-corrected chi connectivity index (χ2v) is 4.34. The number of nitrogens with one attached hydrogen (secondary N) is 1. The number of imide groups is 1. The molecule has 90 valence electrons. The van der Waals surface area contributed by atoms with Crippen molar-refractivity contribution in [2.24, 2.45) is 0 Å². The molecule has 3 amide bonds. The van der Waals surface area contributed by atoms with Crippen molar-refractivity contribution in [1.82, 2.24) is 10.3 Å². The van der Waals surface area contributed by atoms with Crippen LogP contribution in [0.1, 0.15) is 0 Å². The third kappa shape index (κ3) is 2.22. The molecule has 2 rings (SSSR count). The van der Waals surface area contributed by atoms with E-state index in [1.807, 2.05) is 0 Å². The van der Waals surface area contributed by atoms with Crippen LogP contribution in [0.3, 0.4) is 0 Å². The van der Waals surface area contributed by atoms with E-state index in [0.717, 1.165) is 4.90 Å². The van der Waals surface area contributed by atoms with Gasteiger partial charge in [-0.25, -0.2) is 15.2 Å². The molecule has 0 spiro atoms. The van der Waals surface area contributed by atoms with Gasteiger partial charge in [0.2, 0.25) is 5.91 Å². The number of carbonyl (C=O) groups is 2. The number of halogens is 2. The minimum Gasteiger partial charge on any atom is -0.273 e. The predicted octanol–water partition coefficient (Wildman–Crippen LogP) is 1.90. The summed E-state index contributed by atoms with van der Waals surface area (Å²) < 4.78 is 0. The van der Waals surface area contributed by atoms with Crippen molar-refractivity contribution in [2.45, 2.75) is 0 Å². The smallest absolute Gasteiger partial charge is 0.273 e. The van der Waals surface area contributed by atoms with E-state index in [4.69, 9.17) is 23.2 Å². The molecule has 1 aromatic rings. The Balaban J connectivity index is 2.34. The van der Waals surface area contributed by atoms with E-state index in [0.29, 0.717) is 15.7 Å². The van der Waals surface area contributed by atoms with Crippen LogP contribution in [0.2, 0.25) is 10.0 Å². The molecule has 0 atom stereocenters. The van der Waals surface area contributed by atoms with Gasteiger partial charge in [0.1, 0.15) is 0 Å². The van der Waals surface area contributed by atoms with Crippen molar-refractivity contribution < 1.29 is 9.59 Å². The fourth-order valence-electron chi connectivity index (χ4n) is 1.44. The fraction of sp³-hybridized carbons (Fsp3) is 0.200. The lowest BCUT2D eigenvalue weighted by Crippen LogP contribution is -2.59. The third-order valence-corrected chi connectivity index (χ3v) is 2.93. The maximum atomic E-state index is 11.9. The molecule has 0 radical (unpaired) electrons. The SMILES string of the molecule is CN1C(=O)CNN(c2ccc(Cl)cc2Cl)C1=O. The van der Waals surface area contributed by atoms with Crippen molar-refractivity contribution in [3.63, 3.8) is 0 Å². The van der Waals surface area contributed by atoms with E-state index >= 15 is 0 Å². The van der Waals surface area contributed by atoms with Crippen LogP contribution in [-0.4, -0.2) is 30.4 Å². The van der Waals surface area contributed by atoms with E-state index in [-0.39, 0.29) is 12.5 Å². The zero-order chi connectivity index (χ0) is 12.6. The minimum absolute atomic E-state index is 0.0429. The Hall–Kier alpha value is -1.30. The lowest BCUT2D eigenvalue weighted by atomic mass is 10.3. The summed E-state index contributed by atoms with van der Waals surface area (Å²) in [4.78, 5) is 24.2. The first-order valence-electron chi connectivity index (χ1n) is 4.80. The number of hydrazine groups is 1. The highest BCUT2D eigenvalue weighted by Gasteiger charge is 2.30. The summed E-state index contributed by atoms with van der Waals surface area (Å²) in [5.41, 5.74) is 3.15. The molecule has 0 saturated carbocycles. The molecule has 0 unspecified atom stereocenters. The molecule has 1 fully saturated rings. The number of hydrogen-bond acceptors (Lipinski definition) is 3. The van der Waals surface area contributed by atoms with E-state index in [1.165, 1.54) is 18.1 Å². The quantitative estimate of drug-likeness (QED) is 0.850. The van der Waals surface area contributed by atoms with Gasteiger partial charge in [-0.2, -0.15) is 0 Å². The second-order valence-electron chi connectivity index (χ2n) is 3.50. The van der Waals surface area contributed by atoms with Gasteiger partial charge in [-0.3, -0.25) is 9.69 Å². The maximum absolute atomic E-state index is 11.9. The molecule has 0 aliphatic carbocycles. The highest BCUT2D eigenvalue weighted by atomic mass is 35.5. The summed E-state index contributed by atoms with van der Waals surface area (Å²) in [6.07, 6.45) is 0. The zero-order valence-corrected chi connectivity index (χ0v) is 10.4. The molecule has 1 N–H and O–H groups in total. The maximum Gasteiger partial charge on any atom is 0.345 e. The van der Waals surface area contributed by atoms with Gasteiger partial charge in [0.25, 0.3) is 0 Å². The van der Waals surface area contributed by atoms with Gasteiger partial charge in [0.15, 0.2) is 0 Å². The van der Waals surface area contributed by atoms with Gasteiger partial charge in [-0.1, -0.05) is 23.2 Å². The number of hydrogen-bond donors (Lipinski definition) is 1. The van der Waals surface area contributed by atoms with Crippen LogP contribution in [0.4, 0.5) is 10.5 Å². The van der Waals surface area contributed by atoms with Crippen molar-refractivity contribution >= 4 is 40.8 Å². The largest absolute Gasteiger partial charge is 0.345 e. The summed E-state index contributed by atoms with van der Waals surface area (Å²) in [5, 5.41) is 2.04. The lowest BCUT2D eigenvalue weighted by molar-refractivity contribution is -0.127. The number of urea groups is 1. The van der Waals surface area contributed by atoms with Crippen LogP contribution >= 0.6 is 23.2 Å². The number of likely N-dealkylation sites (N-methyl/N-ethyl adjacent to an activating group) is 1. The third-order valence-electron chi connectivity index (χ3n) is 2.39. The van der Waals surface area contributed by atoms with Gasteiger partial charge >= 0.3 is 6.03 Å². The van der Waals surface area contributed by atoms with Crippen molar-refractivity contribution in [1.29, 1.82) is 0 Å². The Bertz CT molecular complexity index is 492. The molecule has 1 heterocycles. The number of carbonyl (C=O) groups excluding carboxylic acids is 2. The highest BCUT2D eigenvalue weighted by Crippen LogP contribution is 2.29. The van der Waals surface area contributed by atoms with Crippen molar-refractivity contribution in [2.75, 3.05) is 18.6 Å². The molecular formula is C10H9Cl2N3O2. The Morgan fingerprint density at radius 1 is 1.29 bits per heavy atom. The molecule has 0 aromatic heterocycles. The van der Waals surface area contributed by atoms with E-state index < -0.39 is 6.03 Å². The highest BCUT2D eigenvalue weighted by molar-refractivity contribution is 6.36. The van der Waals surface area contributed by atoms with Gasteiger partial charge in [0.05, 0.1) is 17.3 Å². The normalized spacial score (nSPS) is 16.6. The number of amides is 3. The molecule has 1 saturated heterocycles. The molecule has 7 heteroatoms. The summed E-state index contributed by atoms with van der Waals surface area (Å²) in [7, 11) is 1.42. The first-order chi connectivity index (χ1) is 8.00. The standard InChI is InChI=1S/C10H9Cl2N3O2/c1-14-9(16)5-13-15(10(14)17)8-3-2-6(11)4-7(8)12/h2-4,13H,5H2,1H3. The van der Waals surface area contributed by atoms with Crippen LogP contribution in [0, 0.1) is 0 Å². The van der Waals surface area contributed by atoms with Gasteiger partial charge in [0, 0.05) is 12.1 Å². The summed E-state index contributed by atoms with van der Waals surface area (Å²) in [5.74, 6) is -0.295. The Kier molecular flexibility index (Phi) is 3.24. The van der Waals surface area contributed by atoms with Crippen LogP contribution in [0.5, 0.6) is 0 Å². The molecule has 1 aliphatic heterocycles. The van der Waals surface area contributed by atoms with Gasteiger partial charge < -0.3 is 0 Å². The summed E-state index contributed by atoms with van der Waals surface area (Å²) in [6, 6.07) is 4.28. The number of nitrogens with zero attached hydrogens (tertiary/aromatic N) is 2. The molecule has 17 heavy (non-hydrogen) atoms. The van der Waals surface area contributed by atoms with E-state index in [2.05, 4.69) is 5.43 Å². The van der Waals surface area contributed by atoms with Crippen molar-refractivity contribution in [3.8, 4) is 0 Å². The Morgan fingerprint density at radius 2 is 2.00 bits per heavy atom. The first kappa shape index (κ1) is 12.2. The molecule has 1 aliphatic rings. The topological polar surface area (TPSA) is 52.7 Å². The average Bonchev–Trinajstić information content (AvgIpc) is 2.28. The monoisotopic (exact) mass is 273 g/mol. The number of anilines is 1. The average molecular weight is 274 g/mol.